The minimum Gasteiger partial charge on any atom is -0.497 e. The largest absolute Gasteiger partial charge is 0.497 e. The van der Waals surface area contributed by atoms with E-state index in [1.807, 2.05) is 35.8 Å². The number of methoxy groups -OCH3 is 3. The van der Waals surface area contributed by atoms with Gasteiger partial charge in [-0.2, -0.15) is 0 Å². The summed E-state index contributed by atoms with van der Waals surface area (Å²) in [6, 6.07) is 9.28. The molecule has 8 nitrogen and oxygen atoms in total. The number of nitrogens with zero attached hydrogens (tertiary/aromatic N) is 3. The standard InChI is InChI=1S/C22H21I2N3O5S/c1-5-27-20(13-7-15(30-2)11-16(8-13)31-3)25-26-22(27)33-18(21(28)29)9-12-6-14(23)10-17(24)19(12)32-4/h6-11H,5H2,1-4H3,(H,28,29)/b18-9-. The number of aliphatic carboxylic acids is 1. The van der Waals surface area contributed by atoms with Gasteiger partial charge in [-0.05, 0) is 94.2 Å². The van der Waals surface area contributed by atoms with Crippen LogP contribution in [-0.4, -0.2) is 47.2 Å². The zero-order chi connectivity index (χ0) is 24.1. The molecule has 0 spiro atoms. The first kappa shape index (κ1) is 25.6. The fraction of sp³-hybridized carbons (Fsp3) is 0.227. The maximum atomic E-state index is 12.1. The predicted octanol–water partition coefficient (Wildman–Crippen LogP) is 5.42. The third-order valence-corrected chi connectivity index (χ3v) is 7.00. The van der Waals surface area contributed by atoms with E-state index in [1.54, 1.807) is 33.5 Å². The van der Waals surface area contributed by atoms with E-state index >= 15 is 0 Å². The lowest BCUT2D eigenvalue weighted by Crippen LogP contribution is -2.03. The maximum Gasteiger partial charge on any atom is 0.342 e. The van der Waals surface area contributed by atoms with Crippen LogP contribution in [0.2, 0.25) is 0 Å². The third-order valence-electron chi connectivity index (χ3n) is 4.58. The molecule has 0 saturated carbocycles. The number of rotatable bonds is 9. The summed E-state index contributed by atoms with van der Waals surface area (Å²) < 4.78 is 19.9. The Bertz CT molecular complexity index is 1190. The minimum absolute atomic E-state index is 0.1000. The van der Waals surface area contributed by atoms with Crippen LogP contribution in [0.3, 0.4) is 0 Å². The van der Waals surface area contributed by atoms with E-state index in [0.717, 1.165) is 24.5 Å². The van der Waals surface area contributed by atoms with Gasteiger partial charge in [0.25, 0.3) is 0 Å². The number of carboxylic acid groups (broad SMARTS) is 1. The smallest absolute Gasteiger partial charge is 0.342 e. The van der Waals surface area contributed by atoms with Gasteiger partial charge in [0.05, 0.1) is 24.9 Å². The summed E-state index contributed by atoms with van der Waals surface area (Å²) in [7, 11) is 4.72. The molecule has 0 aliphatic rings. The lowest BCUT2D eigenvalue weighted by atomic mass is 10.2. The zero-order valence-electron chi connectivity index (χ0n) is 18.3. The van der Waals surface area contributed by atoms with Crippen LogP contribution in [-0.2, 0) is 11.3 Å². The number of ether oxygens (including phenoxy) is 3. The average molecular weight is 693 g/mol. The Morgan fingerprint density at radius 3 is 2.27 bits per heavy atom. The summed E-state index contributed by atoms with van der Waals surface area (Å²) in [6.45, 7) is 2.49. The van der Waals surface area contributed by atoms with Crippen LogP contribution in [0.5, 0.6) is 17.2 Å². The topological polar surface area (TPSA) is 95.7 Å². The van der Waals surface area contributed by atoms with Gasteiger partial charge in [0.1, 0.15) is 22.2 Å². The summed E-state index contributed by atoms with van der Waals surface area (Å²) in [5.74, 6) is 1.39. The molecule has 2 aromatic carbocycles. The highest BCUT2D eigenvalue weighted by Gasteiger charge is 2.20. The van der Waals surface area contributed by atoms with Crippen molar-refractivity contribution in [1.29, 1.82) is 0 Å². The SMILES string of the molecule is CCn1c(S/C(=C\c2cc(I)cc(I)c2OC)C(=O)O)nnc1-c1cc(OC)cc(OC)c1. The van der Waals surface area contributed by atoms with Crippen molar-refractivity contribution in [2.24, 2.45) is 0 Å². The normalized spacial score (nSPS) is 11.4. The van der Waals surface area contributed by atoms with Crippen LogP contribution in [0, 0.1) is 7.14 Å². The Morgan fingerprint density at radius 2 is 1.73 bits per heavy atom. The minimum atomic E-state index is -1.06. The second-order valence-electron chi connectivity index (χ2n) is 6.58. The quantitative estimate of drug-likeness (QED) is 0.181. The highest BCUT2D eigenvalue weighted by molar-refractivity contribution is 14.1. The van der Waals surface area contributed by atoms with Crippen molar-refractivity contribution in [3.8, 4) is 28.6 Å². The van der Waals surface area contributed by atoms with Crippen LogP contribution < -0.4 is 14.2 Å². The van der Waals surface area contributed by atoms with Gasteiger partial charge >= 0.3 is 5.97 Å². The highest BCUT2D eigenvalue weighted by atomic mass is 127. The highest BCUT2D eigenvalue weighted by Crippen LogP contribution is 2.36. The van der Waals surface area contributed by atoms with E-state index < -0.39 is 5.97 Å². The fourth-order valence-electron chi connectivity index (χ4n) is 3.08. The summed E-state index contributed by atoms with van der Waals surface area (Å²) in [6.07, 6.45) is 1.60. The Kier molecular flexibility index (Phi) is 8.87. The van der Waals surface area contributed by atoms with Crippen molar-refractivity contribution in [3.63, 3.8) is 0 Å². The van der Waals surface area contributed by atoms with Crippen molar-refractivity contribution in [3.05, 3.63) is 47.9 Å². The number of hydrogen-bond donors (Lipinski definition) is 1. The molecule has 11 heteroatoms. The van der Waals surface area contributed by atoms with Crippen LogP contribution in [0.4, 0.5) is 0 Å². The number of carbonyl (C=O) groups is 1. The van der Waals surface area contributed by atoms with Crippen molar-refractivity contribution < 1.29 is 24.1 Å². The number of halogens is 2. The molecule has 0 atom stereocenters. The van der Waals surface area contributed by atoms with Gasteiger partial charge in [-0.15, -0.1) is 10.2 Å². The number of benzene rings is 2. The predicted molar refractivity (Wildman–Crippen MR) is 144 cm³/mol. The monoisotopic (exact) mass is 693 g/mol. The van der Waals surface area contributed by atoms with Crippen molar-refractivity contribution in [1.82, 2.24) is 14.8 Å². The molecule has 1 N–H and O–H groups in total. The number of thioether (sulfide) groups is 1. The summed E-state index contributed by atoms with van der Waals surface area (Å²) >= 11 is 5.40. The lowest BCUT2D eigenvalue weighted by Gasteiger charge is -2.11. The molecule has 3 aromatic rings. The van der Waals surface area contributed by atoms with Gasteiger partial charge in [0, 0.05) is 27.3 Å². The molecule has 0 fully saturated rings. The summed E-state index contributed by atoms with van der Waals surface area (Å²) in [4.78, 5) is 12.2. The first-order valence-corrected chi connectivity index (χ1v) is 12.6. The maximum absolute atomic E-state index is 12.1. The van der Waals surface area contributed by atoms with E-state index in [9.17, 15) is 9.90 Å². The molecule has 0 radical (unpaired) electrons. The lowest BCUT2D eigenvalue weighted by molar-refractivity contribution is -0.131. The molecule has 0 amide bonds. The van der Waals surface area contributed by atoms with Gasteiger partial charge in [-0.3, -0.25) is 0 Å². The van der Waals surface area contributed by atoms with E-state index in [0.29, 0.717) is 40.3 Å². The van der Waals surface area contributed by atoms with Crippen molar-refractivity contribution in [2.45, 2.75) is 18.6 Å². The van der Waals surface area contributed by atoms with Crippen LogP contribution >= 0.6 is 56.9 Å². The first-order valence-electron chi connectivity index (χ1n) is 9.63. The summed E-state index contributed by atoms with van der Waals surface area (Å²) in [5.41, 5.74) is 1.43. The molecular weight excluding hydrogens is 672 g/mol. The molecule has 1 aromatic heterocycles. The molecule has 174 valence electrons. The van der Waals surface area contributed by atoms with Gasteiger partial charge < -0.3 is 23.9 Å². The number of carboxylic acids is 1. The second kappa shape index (κ2) is 11.4. The third kappa shape index (κ3) is 5.93. The number of aromatic nitrogens is 3. The Morgan fingerprint density at radius 1 is 1.06 bits per heavy atom. The van der Waals surface area contributed by atoms with Crippen LogP contribution in [0.1, 0.15) is 12.5 Å². The Balaban J connectivity index is 2.05. The van der Waals surface area contributed by atoms with Gasteiger partial charge in [0.15, 0.2) is 11.0 Å². The van der Waals surface area contributed by atoms with E-state index in [1.165, 1.54) is 0 Å². The van der Waals surface area contributed by atoms with Crippen molar-refractivity contribution in [2.75, 3.05) is 21.3 Å². The van der Waals surface area contributed by atoms with Gasteiger partial charge in [-0.25, -0.2) is 4.79 Å². The molecule has 0 bridgehead atoms. The molecule has 0 aliphatic carbocycles. The zero-order valence-corrected chi connectivity index (χ0v) is 23.4. The number of hydrogen-bond acceptors (Lipinski definition) is 7. The Hall–Kier alpha value is -2.00. The first-order chi connectivity index (χ1) is 15.8. The molecule has 0 unspecified atom stereocenters. The van der Waals surface area contributed by atoms with Crippen LogP contribution in [0.15, 0.2) is 40.4 Å². The fourth-order valence-corrected chi connectivity index (χ4v) is 6.06. The molecule has 1 heterocycles. The molecule has 3 rings (SSSR count). The molecule has 0 saturated heterocycles. The van der Waals surface area contributed by atoms with Crippen molar-refractivity contribution >= 4 is 69.0 Å². The van der Waals surface area contributed by atoms with E-state index in [4.69, 9.17) is 14.2 Å². The second-order valence-corrected chi connectivity index (χ2v) is 9.99. The van der Waals surface area contributed by atoms with E-state index in [2.05, 4.69) is 55.4 Å². The molecular formula is C22H21I2N3O5S. The van der Waals surface area contributed by atoms with Crippen LogP contribution in [0.25, 0.3) is 17.5 Å². The summed E-state index contributed by atoms with van der Waals surface area (Å²) in [5, 5.41) is 19.0. The molecule has 33 heavy (non-hydrogen) atoms. The van der Waals surface area contributed by atoms with E-state index in [-0.39, 0.29) is 4.91 Å². The molecule has 0 aliphatic heterocycles. The van der Waals surface area contributed by atoms with Gasteiger partial charge in [0.2, 0.25) is 0 Å². The average Bonchev–Trinajstić information content (AvgIpc) is 3.20. The Labute approximate surface area is 223 Å². The van der Waals surface area contributed by atoms with Gasteiger partial charge in [-0.1, -0.05) is 0 Å².